The topological polar surface area (TPSA) is 141 Å². The van der Waals surface area contributed by atoms with Gasteiger partial charge in [-0.1, -0.05) is 50.9 Å². The molecule has 0 spiro atoms. The van der Waals surface area contributed by atoms with E-state index in [1.807, 2.05) is 4.72 Å². The molecule has 3 atom stereocenters. The number of nitrogens with one attached hydrogen (secondary N) is 2. The fourth-order valence-corrected chi connectivity index (χ4v) is 6.36. The van der Waals surface area contributed by atoms with E-state index in [0.29, 0.717) is 34.4 Å². The van der Waals surface area contributed by atoms with Crippen LogP contribution in [0.2, 0.25) is 5.02 Å². The number of carbonyl (C=O) groups excluding carboxylic acids is 3. The summed E-state index contributed by atoms with van der Waals surface area (Å²) in [6.07, 6.45) is 3.21. The van der Waals surface area contributed by atoms with E-state index in [0.717, 1.165) is 25.5 Å². The highest BCUT2D eigenvalue weighted by Crippen LogP contribution is 2.35. The molecule has 0 aliphatic heterocycles. The maximum absolute atomic E-state index is 12.9. The number of pyridine rings is 1. The minimum atomic E-state index is -4.21. The number of sulfonamides is 1. The fraction of sp³-hybridized carbons (Fsp3) is 0.375. The summed E-state index contributed by atoms with van der Waals surface area (Å²) in [4.78, 5) is 41.3. The third kappa shape index (κ3) is 9.03. The van der Waals surface area contributed by atoms with Crippen molar-refractivity contribution < 1.29 is 32.3 Å². The standard InChI is InChI=1S/C32H36ClN3O7S/c1-20(2)27-13-7-21(3)17-28(27)42-32(39)43-29-14-10-24(19-35-29)31(38)36-44(40,41)26-6-4-5-22(18-26)15-16-34-30(37)23-8-11-25(33)12-9-23/h4-6,8-12,14,18-21,27-28H,7,13,15-17H2,1-3H3,(H,34,37)(H,36,38)/t21-,27?,28?/m1/s1. The molecule has 1 saturated carbocycles. The van der Waals surface area contributed by atoms with Crippen molar-refractivity contribution in [1.82, 2.24) is 15.0 Å². The third-order valence-electron chi connectivity index (χ3n) is 7.64. The molecule has 4 rings (SSSR count). The Labute approximate surface area is 262 Å². The summed E-state index contributed by atoms with van der Waals surface area (Å²) in [7, 11) is -4.21. The van der Waals surface area contributed by atoms with Gasteiger partial charge < -0.3 is 14.8 Å². The molecule has 0 bridgehead atoms. The van der Waals surface area contributed by atoms with Crippen LogP contribution in [0.3, 0.4) is 0 Å². The van der Waals surface area contributed by atoms with Gasteiger partial charge >= 0.3 is 6.16 Å². The van der Waals surface area contributed by atoms with Crippen molar-refractivity contribution in [2.24, 2.45) is 17.8 Å². The summed E-state index contributed by atoms with van der Waals surface area (Å²) < 4.78 is 38.8. The Bertz CT molecular complexity index is 1580. The van der Waals surface area contributed by atoms with Gasteiger partial charge in [0.1, 0.15) is 6.10 Å². The monoisotopic (exact) mass is 641 g/mol. The Balaban J connectivity index is 1.30. The minimum absolute atomic E-state index is 0.0451. The first kappa shape index (κ1) is 32.9. The number of aromatic nitrogens is 1. The van der Waals surface area contributed by atoms with Gasteiger partial charge in [-0.25, -0.2) is 22.9 Å². The number of halogens is 1. The number of carbonyl (C=O) groups is 3. The van der Waals surface area contributed by atoms with Crippen LogP contribution in [0.1, 0.15) is 66.3 Å². The summed E-state index contributed by atoms with van der Waals surface area (Å²) in [6.45, 7) is 6.61. The summed E-state index contributed by atoms with van der Waals surface area (Å²) in [5.41, 5.74) is 1.06. The van der Waals surface area contributed by atoms with Gasteiger partial charge in [-0.05, 0) is 85.0 Å². The van der Waals surface area contributed by atoms with E-state index in [4.69, 9.17) is 21.1 Å². The van der Waals surface area contributed by atoms with Crippen LogP contribution in [0.5, 0.6) is 5.88 Å². The lowest BCUT2D eigenvalue weighted by Gasteiger charge is -2.36. The molecule has 1 aliphatic carbocycles. The van der Waals surface area contributed by atoms with Crippen LogP contribution in [0.4, 0.5) is 4.79 Å². The Kier molecular flexibility index (Phi) is 11.0. The van der Waals surface area contributed by atoms with Gasteiger partial charge in [0.2, 0.25) is 5.88 Å². The van der Waals surface area contributed by atoms with Gasteiger partial charge in [0.25, 0.3) is 21.8 Å². The maximum Gasteiger partial charge on any atom is 0.515 e. The minimum Gasteiger partial charge on any atom is -0.430 e. The number of rotatable bonds is 10. The van der Waals surface area contributed by atoms with E-state index in [1.165, 1.54) is 24.3 Å². The zero-order valence-electron chi connectivity index (χ0n) is 24.8. The van der Waals surface area contributed by atoms with Gasteiger partial charge in [-0.3, -0.25) is 9.59 Å². The van der Waals surface area contributed by atoms with Crippen LogP contribution < -0.4 is 14.8 Å². The Morgan fingerprint density at radius 3 is 2.41 bits per heavy atom. The lowest BCUT2D eigenvalue weighted by Crippen LogP contribution is -2.36. The lowest BCUT2D eigenvalue weighted by atomic mass is 9.75. The predicted molar refractivity (Wildman–Crippen MR) is 165 cm³/mol. The number of nitrogens with zero attached hydrogens (tertiary/aromatic N) is 1. The van der Waals surface area contributed by atoms with E-state index < -0.39 is 22.1 Å². The van der Waals surface area contributed by atoms with Crippen molar-refractivity contribution in [3.63, 3.8) is 0 Å². The first-order valence-corrected chi connectivity index (χ1v) is 16.3. The molecule has 0 radical (unpaired) electrons. The molecule has 1 heterocycles. The van der Waals surface area contributed by atoms with Gasteiger partial charge in [-0.15, -0.1) is 0 Å². The van der Waals surface area contributed by atoms with Gasteiger partial charge in [-0.2, -0.15) is 0 Å². The normalized spacial score (nSPS) is 18.3. The quantitative estimate of drug-likeness (QED) is 0.265. The van der Waals surface area contributed by atoms with Crippen LogP contribution in [-0.2, 0) is 21.2 Å². The maximum atomic E-state index is 12.9. The first-order chi connectivity index (χ1) is 20.9. The predicted octanol–water partition coefficient (Wildman–Crippen LogP) is 5.80. The average molecular weight is 642 g/mol. The second kappa shape index (κ2) is 14.7. The molecule has 0 saturated heterocycles. The number of hydrogen-bond acceptors (Lipinski definition) is 8. The number of benzene rings is 2. The van der Waals surface area contributed by atoms with Crippen molar-refractivity contribution in [3.05, 3.63) is 88.6 Å². The Morgan fingerprint density at radius 1 is 1.00 bits per heavy atom. The van der Waals surface area contributed by atoms with Crippen LogP contribution in [0.15, 0.2) is 71.8 Å². The molecule has 1 aliphatic rings. The summed E-state index contributed by atoms with van der Waals surface area (Å²) in [6, 6.07) is 15.1. The van der Waals surface area contributed by atoms with Gasteiger partial charge in [0.05, 0.1) is 10.5 Å². The summed E-state index contributed by atoms with van der Waals surface area (Å²) in [5, 5.41) is 3.30. The number of ether oxygens (including phenoxy) is 2. The first-order valence-electron chi connectivity index (χ1n) is 14.5. The Morgan fingerprint density at radius 2 is 1.73 bits per heavy atom. The molecule has 10 nitrogen and oxygen atoms in total. The van der Waals surface area contributed by atoms with Crippen molar-refractivity contribution >= 4 is 39.6 Å². The summed E-state index contributed by atoms with van der Waals surface area (Å²) >= 11 is 5.85. The Hall–Kier alpha value is -3.96. The molecule has 1 aromatic heterocycles. The van der Waals surface area contributed by atoms with Crippen molar-refractivity contribution in [2.75, 3.05) is 6.54 Å². The van der Waals surface area contributed by atoms with E-state index in [2.05, 4.69) is 31.1 Å². The third-order valence-corrected chi connectivity index (χ3v) is 9.22. The average Bonchev–Trinajstić information content (AvgIpc) is 2.97. The van der Waals surface area contributed by atoms with E-state index in [-0.39, 0.29) is 40.8 Å². The SMILES string of the molecule is CC(C)C1CC[C@@H](C)CC1OC(=O)Oc1ccc(C(=O)NS(=O)(=O)c2cccc(CCNC(=O)c3ccc(Cl)cc3)c2)cn1. The van der Waals surface area contributed by atoms with Gasteiger partial charge in [0, 0.05) is 29.4 Å². The molecule has 44 heavy (non-hydrogen) atoms. The molecule has 234 valence electrons. The van der Waals surface area contributed by atoms with E-state index >= 15 is 0 Å². The molecule has 12 heteroatoms. The number of hydrogen-bond donors (Lipinski definition) is 2. The molecule has 2 amide bonds. The lowest BCUT2D eigenvalue weighted by molar-refractivity contribution is -0.0142. The molecule has 2 unspecified atom stereocenters. The van der Waals surface area contributed by atoms with Gasteiger partial charge in [0.15, 0.2) is 0 Å². The van der Waals surface area contributed by atoms with Crippen molar-refractivity contribution in [1.29, 1.82) is 0 Å². The molecular weight excluding hydrogens is 606 g/mol. The zero-order chi connectivity index (χ0) is 31.9. The molecule has 2 aromatic carbocycles. The smallest absolute Gasteiger partial charge is 0.430 e. The van der Waals surface area contributed by atoms with Crippen LogP contribution >= 0.6 is 11.6 Å². The van der Waals surface area contributed by atoms with Crippen molar-refractivity contribution in [2.45, 2.75) is 57.5 Å². The largest absolute Gasteiger partial charge is 0.515 e. The second-order valence-corrected chi connectivity index (χ2v) is 13.4. The molecular formula is C32H36ClN3O7S. The molecule has 1 fully saturated rings. The fourth-order valence-electron chi connectivity index (χ4n) is 5.19. The second-order valence-electron chi connectivity index (χ2n) is 11.3. The number of amides is 2. The summed E-state index contributed by atoms with van der Waals surface area (Å²) in [5.74, 6) is -0.188. The van der Waals surface area contributed by atoms with E-state index in [1.54, 1.807) is 36.4 Å². The molecule has 3 aromatic rings. The van der Waals surface area contributed by atoms with Crippen LogP contribution in [0.25, 0.3) is 0 Å². The highest BCUT2D eigenvalue weighted by atomic mass is 35.5. The highest BCUT2D eigenvalue weighted by molar-refractivity contribution is 7.90. The highest BCUT2D eigenvalue weighted by Gasteiger charge is 2.34. The zero-order valence-corrected chi connectivity index (χ0v) is 26.4. The molecule has 2 N–H and O–H groups in total. The van der Waals surface area contributed by atoms with E-state index in [9.17, 15) is 22.8 Å². The van der Waals surface area contributed by atoms with Crippen molar-refractivity contribution in [3.8, 4) is 5.88 Å². The van der Waals surface area contributed by atoms with Crippen LogP contribution in [-0.4, -0.2) is 44.0 Å². The van der Waals surface area contributed by atoms with Crippen LogP contribution in [0, 0.1) is 17.8 Å².